The first-order valence-electron chi connectivity index (χ1n) is 3.02. The Morgan fingerprint density at radius 2 is 2.25 bits per heavy atom. The number of hydrogen-bond acceptors (Lipinski definition) is 4. The molecule has 2 N–H and O–H groups in total. The average Bonchev–Trinajstić information content (AvgIpc) is 2.04. The van der Waals surface area contributed by atoms with Gasteiger partial charge in [0.1, 0.15) is 0 Å². The van der Waals surface area contributed by atoms with Crippen LogP contribution >= 0.6 is 0 Å². The zero-order chi connectivity index (χ0) is 9.14. The summed E-state index contributed by atoms with van der Waals surface area (Å²) in [6.45, 7) is 0. The Balaban J connectivity index is 3.12. The third-order valence-corrected chi connectivity index (χ3v) is 1.17. The van der Waals surface area contributed by atoms with Crippen LogP contribution in [0.2, 0.25) is 0 Å². The van der Waals surface area contributed by atoms with E-state index in [0.29, 0.717) is 0 Å². The number of amides is 1. The van der Waals surface area contributed by atoms with E-state index in [1.54, 1.807) is 0 Å². The van der Waals surface area contributed by atoms with Gasteiger partial charge in [-0.15, -0.1) is 0 Å². The molecule has 1 heterocycles. The molecule has 0 saturated heterocycles. The van der Waals surface area contributed by atoms with Gasteiger partial charge in [-0.3, -0.25) is 4.79 Å². The molecule has 1 aromatic heterocycles. The Labute approximate surface area is 67.2 Å². The van der Waals surface area contributed by atoms with Gasteiger partial charge in [-0.2, -0.15) is 0 Å². The molecule has 0 saturated carbocycles. The number of carbonyl (C=O) groups is 1. The average molecular weight is 167 g/mol. The molecule has 6 nitrogen and oxygen atoms in total. The molecule has 0 spiro atoms. The number of nitro groups is 1. The van der Waals surface area contributed by atoms with Gasteiger partial charge in [-0.25, -0.2) is 0 Å². The number of nitrogens with two attached hydrogens (primary N) is 1. The van der Waals surface area contributed by atoms with Crippen molar-refractivity contribution in [1.82, 2.24) is 4.98 Å². The summed E-state index contributed by atoms with van der Waals surface area (Å²) in [7, 11) is 0. The normalized spacial score (nSPS) is 9.33. The quantitative estimate of drug-likeness (QED) is 0.498. The Morgan fingerprint density at radius 1 is 1.58 bits per heavy atom. The van der Waals surface area contributed by atoms with E-state index in [-0.39, 0.29) is 11.5 Å². The van der Waals surface area contributed by atoms with E-state index in [1.807, 2.05) is 0 Å². The first-order chi connectivity index (χ1) is 5.61. The van der Waals surface area contributed by atoms with Crippen molar-refractivity contribution in [1.29, 1.82) is 0 Å². The van der Waals surface area contributed by atoms with Crippen LogP contribution in [0.3, 0.4) is 0 Å². The van der Waals surface area contributed by atoms with Crippen molar-refractivity contribution in [2.45, 2.75) is 0 Å². The molecule has 12 heavy (non-hydrogen) atoms. The van der Waals surface area contributed by atoms with Crippen LogP contribution in [0.5, 0.6) is 0 Å². The van der Waals surface area contributed by atoms with E-state index in [1.165, 1.54) is 18.2 Å². The van der Waals surface area contributed by atoms with Crippen LogP contribution in [-0.4, -0.2) is 15.8 Å². The van der Waals surface area contributed by atoms with Gasteiger partial charge >= 0.3 is 5.82 Å². The number of hydrogen-bond donors (Lipinski definition) is 1. The third-order valence-electron chi connectivity index (χ3n) is 1.17. The first kappa shape index (κ1) is 8.12. The Bertz CT molecular complexity index is 307. The number of nitrogens with zero attached hydrogens (tertiary/aromatic N) is 2. The summed E-state index contributed by atoms with van der Waals surface area (Å²) in [4.78, 5) is 23.4. The lowest BCUT2D eigenvalue weighted by Gasteiger charge is -1.91. The molecule has 0 fully saturated rings. The second kappa shape index (κ2) is 2.95. The number of rotatable bonds is 2. The van der Waals surface area contributed by atoms with Crippen LogP contribution in [0.15, 0.2) is 18.2 Å². The molecular formula is C6H5N3O3. The molecule has 0 bridgehead atoms. The standard InChI is InChI=1S/C6H5N3O3/c7-6(10)4-2-1-3-5(8-4)9(11)12/h1-3H,(H2,7,10). The lowest BCUT2D eigenvalue weighted by Crippen LogP contribution is -2.13. The molecule has 0 aliphatic heterocycles. The van der Waals surface area contributed by atoms with Crippen LogP contribution in [-0.2, 0) is 0 Å². The lowest BCUT2D eigenvalue weighted by atomic mass is 10.3. The maximum atomic E-state index is 10.5. The molecule has 0 aromatic carbocycles. The zero-order valence-electron chi connectivity index (χ0n) is 5.93. The summed E-state index contributed by atoms with van der Waals surface area (Å²) in [5.74, 6) is -1.16. The van der Waals surface area contributed by atoms with E-state index in [2.05, 4.69) is 4.98 Å². The van der Waals surface area contributed by atoms with Gasteiger partial charge < -0.3 is 15.8 Å². The number of primary amides is 1. The molecule has 6 heteroatoms. The molecule has 1 rings (SSSR count). The number of aromatic nitrogens is 1. The largest absolute Gasteiger partial charge is 0.364 e. The van der Waals surface area contributed by atoms with Crippen LogP contribution in [0.25, 0.3) is 0 Å². The topological polar surface area (TPSA) is 99.1 Å². The van der Waals surface area contributed by atoms with Crippen molar-refractivity contribution in [3.05, 3.63) is 34.0 Å². The van der Waals surface area contributed by atoms with Crippen LogP contribution in [0, 0.1) is 10.1 Å². The first-order valence-corrected chi connectivity index (χ1v) is 3.02. The van der Waals surface area contributed by atoms with Gasteiger partial charge in [0.25, 0.3) is 5.91 Å². The summed E-state index contributed by atoms with van der Waals surface area (Å²) in [6.07, 6.45) is 0. The number of carbonyl (C=O) groups excluding carboxylic acids is 1. The molecule has 0 unspecified atom stereocenters. The SMILES string of the molecule is NC(=O)c1cccc([N+](=O)[O-])n1. The predicted octanol–water partition coefficient (Wildman–Crippen LogP) is 0.0887. The van der Waals surface area contributed by atoms with Gasteiger partial charge in [0.2, 0.25) is 5.69 Å². The highest BCUT2D eigenvalue weighted by Gasteiger charge is 2.12. The zero-order valence-corrected chi connectivity index (χ0v) is 5.93. The molecular weight excluding hydrogens is 162 g/mol. The maximum absolute atomic E-state index is 10.5. The van der Waals surface area contributed by atoms with Crippen LogP contribution in [0.4, 0.5) is 5.82 Å². The smallest absolute Gasteiger partial charge is 0.362 e. The Kier molecular flexibility index (Phi) is 2.00. The second-order valence-corrected chi connectivity index (χ2v) is 2.00. The fraction of sp³-hybridized carbons (Fsp3) is 0. The van der Waals surface area contributed by atoms with Crippen molar-refractivity contribution in [3.63, 3.8) is 0 Å². The van der Waals surface area contributed by atoms with Gasteiger partial charge in [0.05, 0.1) is 0 Å². The van der Waals surface area contributed by atoms with E-state index >= 15 is 0 Å². The van der Waals surface area contributed by atoms with Crippen molar-refractivity contribution in [3.8, 4) is 0 Å². The lowest BCUT2D eigenvalue weighted by molar-refractivity contribution is -0.389. The van der Waals surface area contributed by atoms with E-state index in [0.717, 1.165) is 0 Å². The van der Waals surface area contributed by atoms with E-state index in [4.69, 9.17) is 5.73 Å². The Morgan fingerprint density at radius 3 is 2.75 bits per heavy atom. The monoisotopic (exact) mass is 167 g/mol. The summed E-state index contributed by atoms with van der Waals surface area (Å²) < 4.78 is 0. The Hall–Kier alpha value is -1.98. The summed E-state index contributed by atoms with van der Waals surface area (Å²) in [5, 5.41) is 10.2. The fourth-order valence-electron chi connectivity index (χ4n) is 0.662. The minimum atomic E-state index is -0.779. The van der Waals surface area contributed by atoms with Gasteiger partial charge in [0, 0.05) is 6.07 Å². The van der Waals surface area contributed by atoms with E-state index in [9.17, 15) is 14.9 Å². The van der Waals surface area contributed by atoms with Crippen molar-refractivity contribution in [2.24, 2.45) is 5.73 Å². The summed E-state index contributed by atoms with van der Waals surface area (Å²) in [6, 6.07) is 3.85. The minimum absolute atomic E-state index is 0.107. The van der Waals surface area contributed by atoms with Gasteiger partial charge in [0.15, 0.2) is 0 Å². The molecule has 0 aliphatic carbocycles. The third kappa shape index (κ3) is 1.54. The summed E-state index contributed by atoms with van der Waals surface area (Å²) in [5.41, 5.74) is 4.75. The maximum Gasteiger partial charge on any atom is 0.364 e. The van der Waals surface area contributed by atoms with Gasteiger partial charge in [-0.1, -0.05) is 0 Å². The highest BCUT2D eigenvalue weighted by atomic mass is 16.6. The molecule has 0 radical (unpaired) electrons. The minimum Gasteiger partial charge on any atom is -0.362 e. The molecule has 0 aliphatic rings. The van der Waals surface area contributed by atoms with E-state index < -0.39 is 10.8 Å². The van der Waals surface area contributed by atoms with Crippen LogP contribution in [0.1, 0.15) is 10.5 Å². The molecule has 1 aromatic rings. The summed E-state index contributed by atoms with van der Waals surface area (Å²) >= 11 is 0. The van der Waals surface area contributed by atoms with Gasteiger partial charge in [-0.05, 0) is 22.0 Å². The highest BCUT2D eigenvalue weighted by molar-refractivity contribution is 5.90. The second-order valence-electron chi connectivity index (χ2n) is 2.00. The fourth-order valence-corrected chi connectivity index (χ4v) is 0.662. The van der Waals surface area contributed by atoms with Crippen molar-refractivity contribution < 1.29 is 9.72 Å². The highest BCUT2D eigenvalue weighted by Crippen LogP contribution is 2.06. The predicted molar refractivity (Wildman–Crippen MR) is 39.4 cm³/mol. The van der Waals surface area contributed by atoms with Crippen LogP contribution < -0.4 is 5.73 Å². The van der Waals surface area contributed by atoms with Crippen molar-refractivity contribution >= 4 is 11.7 Å². The number of pyridine rings is 1. The van der Waals surface area contributed by atoms with Crippen molar-refractivity contribution in [2.75, 3.05) is 0 Å². The molecule has 0 atom stereocenters. The molecule has 1 amide bonds. The molecule has 62 valence electrons.